The van der Waals surface area contributed by atoms with Gasteiger partial charge in [-0.3, -0.25) is 4.79 Å². The van der Waals surface area contributed by atoms with Crippen LogP contribution in [0.1, 0.15) is 27.7 Å². The molecule has 3 aromatic rings. The molecule has 4 nitrogen and oxygen atoms in total. The van der Waals surface area contributed by atoms with Crippen molar-refractivity contribution in [3.05, 3.63) is 71.4 Å². The van der Waals surface area contributed by atoms with Gasteiger partial charge >= 0.3 is 0 Å². The highest BCUT2D eigenvalue weighted by Crippen LogP contribution is 2.19. The molecule has 0 aliphatic carbocycles. The Hall–Kier alpha value is -2.59. The summed E-state index contributed by atoms with van der Waals surface area (Å²) in [6.07, 6.45) is 0. The van der Waals surface area contributed by atoms with Crippen LogP contribution < -0.4 is 5.32 Å². The summed E-state index contributed by atoms with van der Waals surface area (Å²) in [6, 6.07) is 16.8. The van der Waals surface area contributed by atoms with Crippen LogP contribution in [0.15, 0.2) is 54.6 Å². The highest BCUT2D eigenvalue weighted by molar-refractivity contribution is 5.98. The molecule has 3 N–H and O–H groups in total. The van der Waals surface area contributed by atoms with Crippen LogP contribution in [0.2, 0.25) is 0 Å². The van der Waals surface area contributed by atoms with Gasteiger partial charge in [-0.05, 0) is 24.1 Å². The summed E-state index contributed by atoms with van der Waals surface area (Å²) < 4.78 is 0. The number of benzene rings is 2. The summed E-state index contributed by atoms with van der Waals surface area (Å²) in [6.45, 7) is 1.86. The number of aryl methyl sites for hydroxylation is 1. The van der Waals surface area contributed by atoms with Gasteiger partial charge in [0.25, 0.3) is 5.91 Å². The first kappa shape index (κ1) is 14.4. The molecule has 1 heterocycles. The molecule has 22 heavy (non-hydrogen) atoms. The van der Waals surface area contributed by atoms with Crippen molar-refractivity contribution in [3.8, 4) is 0 Å². The third-order valence-corrected chi connectivity index (χ3v) is 3.80. The first-order valence-corrected chi connectivity index (χ1v) is 7.24. The van der Waals surface area contributed by atoms with E-state index in [9.17, 15) is 9.90 Å². The van der Waals surface area contributed by atoms with E-state index in [0.717, 1.165) is 22.0 Å². The van der Waals surface area contributed by atoms with E-state index in [1.54, 1.807) is 0 Å². The van der Waals surface area contributed by atoms with Gasteiger partial charge in [0, 0.05) is 10.9 Å². The Balaban J connectivity index is 1.85. The average Bonchev–Trinajstić information content (AvgIpc) is 2.99. The minimum absolute atomic E-state index is 0.144. The Labute approximate surface area is 128 Å². The number of aliphatic hydroxyl groups is 1. The lowest BCUT2D eigenvalue weighted by molar-refractivity contribution is 0.0912. The van der Waals surface area contributed by atoms with Crippen molar-refractivity contribution in [2.24, 2.45) is 0 Å². The molecule has 4 heteroatoms. The molecule has 0 saturated heterocycles. The van der Waals surface area contributed by atoms with E-state index in [-0.39, 0.29) is 12.5 Å². The number of aromatic nitrogens is 1. The number of fused-ring (bicyclic) bond motifs is 1. The molecule has 0 aliphatic rings. The van der Waals surface area contributed by atoms with Gasteiger partial charge in [-0.2, -0.15) is 0 Å². The number of carbonyl (C=O) groups is 1. The van der Waals surface area contributed by atoms with E-state index in [1.165, 1.54) is 0 Å². The Morgan fingerprint density at radius 1 is 1.18 bits per heavy atom. The number of hydrogen-bond acceptors (Lipinski definition) is 2. The van der Waals surface area contributed by atoms with Crippen LogP contribution in [0.3, 0.4) is 0 Å². The zero-order chi connectivity index (χ0) is 15.5. The second kappa shape index (κ2) is 6.03. The smallest absolute Gasteiger partial charge is 0.268 e. The number of rotatable bonds is 4. The first-order valence-electron chi connectivity index (χ1n) is 7.24. The molecule has 0 saturated carbocycles. The van der Waals surface area contributed by atoms with Gasteiger partial charge < -0.3 is 15.4 Å². The van der Waals surface area contributed by atoms with Crippen LogP contribution in [0, 0.1) is 6.92 Å². The van der Waals surface area contributed by atoms with Crippen molar-refractivity contribution in [1.82, 2.24) is 10.3 Å². The predicted octanol–water partition coefficient (Wildman–Crippen LogP) is 2.94. The number of H-pyrrole nitrogens is 1. The molecule has 0 bridgehead atoms. The van der Waals surface area contributed by atoms with Crippen molar-refractivity contribution in [2.75, 3.05) is 6.61 Å². The largest absolute Gasteiger partial charge is 0.394 e. The highest BCUT2D eigenvalue weighted by Gasteiger charge is 2.16. The van der Waals surface area contributed by atoms with Crippen molar-refractivity contribution in [1.29, 1.82) is 0 Å². The topological polar surface area (TPSA) is 65.1 Å². The van der Waals surface area contributed by atoms with Crippen molar-refractivity contribution in [2.45, 2.75) is 13.0 Å². The van der Waals surface area contributed by atoms with Crippen molar-refractivity contribution >= 4 is 16.8 Å². The lowest BCUT2D eigenvalue weighted by Gasteiger charge is -2.16. The van der Waals surface area contributed by atoms with Crippen LogP contribution >= 0.6 is 0 Å². The maximum atomic E-state index is 12.4. The molecule has 2 aromatic carbocycles. The van der Waals surface area contributed by atoms with E-state index in [0.29, 0.717) is 5.69 Å². The van der Waals surface area contributed by atoms with Crippen LogP contribution in [-0.2, 0) is 0 Å². The van der Waals surface area contributed by atoms with E-state index >= 15 is 0 Å². The van der Waals surface area contributed by atoms with Gasteiger partial charge in [-0.25, -0.2) is 0 Å². The SMILES string of the molecule is Cc1cccc2cc(C(=O)NC(CO)c3ccccc3)[nH]c12. The number of hydrogen-bond donors (Lipinski definition) is 3. The summed E-state index contributed by atoms with van der Waals surface area (Å²) in [7, 11) is 0. The molecule has 0 aliphatic heterocycles. The normalized spacial score (nSPS) is 12.3. The summed E-state index contributed by atoms with van der Waals surface area (Å²) in [5.74, 6) is -0.224. The van der Waals surface area contributed by atoms with Gasteiger partial charge in [0.05, 0.1) is 12.6 Å². The van der Waals surface area contributed by atoms with Gasteiger partial charge in [0.2, 0.25) is 0 Å². The number of aliphatic hydroxyl groups excluding tert-OH is 1. The standard InChI is InChI=1S/C18H18N2O2/c1-12-6-5-9-14-10-15(19-17(12)14)18(22)20-16(11-21)13-7-3-2-4-8-13/h2-10,16,19,21H,11H2,1H3,(H,20,22). The van der Waals surface area contributed by atoms with Crippen molar-refractivity contribution < 1.29 is 9.90 Å². The second-order valence-corrected chi connectivity index (χ2v) is 5.34. The molecule has 0 spiro atoms. The molecular weight excluding hydrogens is 276 g/mol. The second-order valence-electron chi connectivity index (χ2n) is 5.34. The third-order valence-electron chi connectivity index (χ3n) is 3.80. The quantitative estimate of drug-likeness (QED) is 0.692. The fraction of sp³-hybridized carbons (Fsp3) is 0.167. The maximum Gasteiger partial charge on any atom is 0.268 e. The van der Waals surface area contributed by atoms with E-state index in [1.807, 2.05) is 61.5 Å². The van der Waals surface area contributed by atoms with Crippen LogP contribution in [0.4, 0.5) is 0 Å². The fourth-order valence-corrected chi connectivity index (χ4v) is 2.59. The molecule has 1 atom stereocenters. The van der Waals surface area contributed by atoms with Gasteiger partial charge in [0.15, 0.2) is 0 Å². The zero-order valence-corrected chi connectivity index (χ0v) is 12.3. The first-order chi connectivity index (χ1) is 10.7. The molecular formula is C18H18N2O2. The van der Waals surface area contributed by atoms with Crippen LogP contribution in [0.5, 0.6) is 0 Å². The Bertz CT molecular complexity index is 793. The summed E-state index contributed by atoms with van der Waals surface area (Å²) in [5, 5.41) is 13.4. The average molecular weight is 294 g/mol. The predicted molar refractivity (Wildman–Crippen MR) is 86.8 cm³/mol. The lowest BCUT2D eigenvalue weighted by atomic mass is 10.1. The lowest BCUT2D eigenvalue weighted by Crippen LogP contribution is -2.30. The highest BCUT2D eigenvalue weighted by atomic mass is 16.3. The molecule has 1 unspecified atom stereocenters. The van der Waals surface area contributed by atoms with Gasteiger partial charge in [-0.1, -0.05) is 48.5 Å². The molecule has 3 rings (SSSR count). The van der Waals surface area contributed by atoms with Crippen LogP contribution in [-0.4, -0.2) is 22.6 Å². The van der Waals surface area contributed by atoms with E-state index in [2.05, 4.69) is 10.3 Å². The number of para-hydroxylation sites is 1. The summed E-state index contributed by atoms with van der Waals surface area (Å²) in [5.41, 5.74) is 3.44. The fourth-order valence-electron chi connectivity index (χ4n) is 2.59. The van der Waals surface area contributed by atoms with Gasteiger partial charge in [0.1, 0.15) is 5.69 Å². The summed E-state index contributed by atoms with van der Waals surface area (Å²) >= 11 is 0. The minimum atomic E-state index is -0.416. The number of carbonyl (C=O) groups excluding carboxylic acids is 1. The number of nitrogens with one attached hydrogen (secondary N) is 2. The number of amides is 1. The van der Waals surface area contributed by atoms with E-state index in [4.69, 9.17) is 0 Å². The zero-order valence-electron chi connectivity index (χ0n) is 12.3. The molecule has 112 valence electrons. The molecule has 1 aromatic heterocycles. The van der Waals surface area contributed by atoms with Crippen LogP contribution in [0.25, 0.3) is 10.9 Å². The summed E-state index contributed by atoms with van der Waals surface area (Å²) in [4.78, 5) is 15.6. The maximum absolute atomic E-state index is 12.4. The molecule has 0 radical (unpaired) electrons. The van der Waals surface area contributed by atoms with Gasteiger partial charge in [-0.15, -0.1) is 0 Å². The molecule has 1 amide bonds. The number of aromatic amines is 1. The Kier molecular flexibility index (Phi) is 3.94. The van der Waals surface area contributed by atoms with Crippen molar-refractivity contribution in [3.63, 3.8) is 0 Å². The molecule has 0 fully saturated rings. The Morgan fingerprint density at radius 3 is 2.64 bits per heavy atom. The monoisotopic (exact) mass is 294 g/mol. The minimum Gasteiger partial charge on any atom is -0.394 e. The Morgan fingerprint density at radius 2 is 1.95 bits per heavy atom. The third kappa shape index (κ3) is 2.73. The van der Waals surface area contributed by atoms with E-state index < -0.39 is 6.04 Å².